The summed E-state index contributed by atoms with van der Waals surface area (Å²) in [6.45, 7) is 4.29. The van der Waals surface area contributed by atoms with Gasteiger partial charge in [-0.25, -0.2) is 4.98 Å². The zero-order valence-corrected chi connectivity index (χ0v) is 16.3. The van der Waals surface area contributed by atoms with E-state index >= 15 is 0 Å². The number of nitrogens with one attached hydrogen (secondary N) is 1. The molecule has 0 aliphatic carbocycles. The summed E-state index contributed by atoms with van der Waals surface area (Å²) in [4.78, 5) is 17.0. The van der Waals surface area contributed by atoms with Crippen molar-refractivity contribution in [3.05, 3.63) is 74.1 Å². The monoisotopic (exact) mass is 416 g/mol. The summed E-state index contributed by atoms with van der Waals surface area (Å²) in [7, 11) is 0. The summed E-state index contributed by atoms with van der Waals surface area (Å²) in [6, 6.07) is 13.0. The molecule has 3 aromatic rings. The van der Waals surface area contributed by atoms with Crippen LogP contribution in [0.25, 0.3) is 0 Å². The van der Waals surface area contributed by atoms with Crippen molar-refractivity contribution in [1.29, 1.82) is 0 Å². The van der Waals surface area contributed by atoms with Crippen molar-refractivity contribution >= 4 is 38.9 Å². The largest absolute Gasteiger partial charge is 0.486 e. The molecule has 0 saturated heterocycles. The van der Waals surface area contributed by atoms with Crippen LogP contribution in [0.1, 0.15) is 26.6 Å². The van der Waals surface area contributed by atoms with E-state index in [4.69, 9.17) is 4.74 Å². The van der Waals surface area contributed by atoms with E-state index in [9.17, 15) is 4.79 Å². The van der Waals surface area contributed by atoms with Crippen LogP contribution in [-0.4, -0.2) is 10.9 Å². The van der Waals surface area contributed by atoms with Crippen LogP contribution in [0, 0.1) is 13.8 Å². The van der Waals surface area contributed by atoms with Gasteiger partial charge in [-0.3, -0.25) is 4.79 Å². The number of benzene rings is 2. The van der Waals surface area contributed by atoms with Crippen LogP contribution in [0.2, 0.25) is 0 Å². The molecule has 128 valence electrons. The summed E-state index contributed by atoms with van der Waals surface area (Å²) in [5.41, 5.74) is 3.19. The Morgan fingerprint density at radius 3 is 2.76 bits per heavy atom. The van der Waals surface area contributed by atoms with Gasteiger partial charge in [0.1, 0.15) is 12.4 Å². The first-order chi connectivity index (χ1) is 12.0. The minimum Gasteiger partial charge on any atom is -0.486 e. The Kier molecular flexibility index (Phi) is 5.50. The standard InChI is InChI=1S/C19H17BrN2O2S/c1-12-7-8-17(16(20)9-12)22-19(23)15-5-3-4-6-18(15)24-10-14-11-25-13(2)21-14/h3-9,11H,10H2,1-2H3,(H,22,23). The predicted octanol–water partition coefficient (Wildman–Crippen LogP) is 5.35. The highest BCUT2D eigenvalue weighted by molar-refractivity contribution is 9.10. The van der Waals surface area contributed by atoms with Crippen LogP contribution in [-0.2, 0) is 6.61 Å². The van der Waals surface area contributed by atoms with E-state index < -0.39 is 0 Å². The van der Waals surface area contributed by atoms with Crippen molar-refractivity contribution in [2.45, 2.75) is 20.5 Å². The molecule has 0 radical (unpaired) electrons. The SMILES string of the molecule is Cc1ccc(NC(=O)c2ccccc2OCc2csc(C)n2)c(Br)c1. The number of aromatic nitrogens is 1. The average molecular weight is 417 g/mol. The molecule has 0 atom stereocenters. The third-order valence-electron chi connectivity index (χ3n) is 3.55. The fraction of sp³-hybridized carbons (Fsp3) is 0.158. The molecule has 1 amide bonds. The number of thiazole rings is 1. The highest BCUT2D eigenvalue weighted by atomic mass is 79.9. The number of anilines is 1. The van der Waals surface area contributed by atoms with Gasteiger partial charge in [0, 0.05) is 9.85 Å². The third-order valence-corrected chi connectivity index (χ3v) is 5.03. The molecule has 0 saturated carbocycles. The maximum Gasteiger partial charge on any atom is 0.259 e. The van der Waals surface area contributed by atoms with Crippen LogP contribution in [0.4, 0.5) is 5.69 Å². The molecule has 0 fully saturated rings. The Morgan fingerprint density at radius 1 is 1.24 bits per heavy atom. The van der Waals surface area contributed by atoms with Gasteiger partial charge in [-0.15, -0.1) is 11.3 Å². The molecule has 4 nitrogen and oxygen atoms in total. The average Bonchev–Trinajstić information content (AvgIpc) is 3.01. The summed E-state index contributed by atoms with van der Waals surface area (Å²) in [5, 5.41) is 5.87. The maximum absolute atomic E-state index is 12.7. The Morgan fingerprint density at radius 2 is 2.04 bits per heavy atom. The molecule has 2 aromatic carbocycles. The number of hydrogen-bond acceptors (Lipinski definition) is 4. The van der Waals surface area contributed by atoms with Crippen LogP contribution >= 0.6 is 27.3 Å². The number of hydrogen-bond donors (Lipinski definition) is 1. The van der Waals surface area contributed by atoms with E-state index in [1.807, 2.05) is 49.6 Å². The Labute approximate surface area is 159 Å². The fourth-order valence-corrected chi connectivity index (χ4v) is 3.51. The zero-order chi connectivity index (χ0) is 17.8. The number of para-hydroxylation sites is 1. The topological polar surface area (TPSA) is 51.2 Å². The molecule has 1 aromatic heterocycles. The smallest absolute Gasteiger partial charge is 0.259 e. The van der Waals surface area contributed by atoms with E-state index in [1.165, 1.54) is 0 Å². The Bertz CT molecular complexity index is 908. The first-order valence-corrected chi connectivity index (χ1v) is 9.40. The lowest BCUT2D eigenvalue weighted by Gasteiger charge is -2.12. The number of carbonyl (C=O) groups is 1. The highest BCUT2D eigenvalue weighted by Crippen LogP contribution is 2.26. The molecule has 0 unspecified atom stereocenters. The lowest BCUT2D eigenvalue weighted by molar-refractivity contribution is 0.102. The second-order valence-electron chi connectivity index (χ2n) is 5.58. The highest BCUT2D eigenvalue weighted by Gasteiger charge is 2.14. The van der Waals surface area contributed by atoms with Crippen molar-refractivity contribution in [2.24, 2.45) is 0 Å². The van der Waals surface area contributed by atoms with Crippen molar-refractivity contribution in [3.8, 4) is 5.75 Å². The number of nitrogens with zero attached hydrogens (tertiary/aromatic N) is 1. The number of ether oxygens (including phenoxy) is 1. The van der Waals surface area contributed by atoms with E-state index in [0.717, 1.165) is 26.4 Å². The number of amides is 1. The normalized spacial score (nSPS) is 10.5. The van der Waals surface area contributed by atoms with Crippen molar-refractivity contribution in [1.82, 2.24) is 4.98 Å². The predicted molar refractivity (Wildman–Crippen MR) is 104 cm³/mol. The summed E-state index contributed by atoms with van der Waals surface area (Å²) in [5.74, 6) is 0.323. The molecule has 0 aliphatic heterocycles. The van der Waals surface area contributed by atoms with Gasteiger partial charge in [-0.1, -0.05) is 18.2 Å². The lowest BCUT2D eigenvalue weighted by atomic mass is 10.1. The quantitative estimate of drug-likeness (QED) is 0.609. The van der Waals surface area contributed by atoms with Gasteiger partial charge >= 0.3 is 0 Å². The lowest BCUT2D eigenvalue weighted by Crippen LogP contribution is -2.14. The van der Waals surface area contributed by atoms with Gasteiger partial charge in [-0.2, -0.15) is 0 Å². The molecule has 25 heavy (non-hydrogen) atoms. The third kappa shape index (κ3) is 4.46. The van der Waals surface area contributed by atoms with Crippen molar-refractivity contribution in [2.75, 3.05) is 5.32 Å². The van der Waals surface area contributed by atoms with Gasteiger partial charge in [0.05, 0.1) is 22.0 Å². The maximum atomic E-state index is 12.7. The molecular formula is C19H17BrN2O2S. The van der Waals surface area contributed by atoms with Gasteiger partial charge in [0.2, 0.25) is 0 Å². The van der Waals surface area contributed by atoms with Crippen LogP contribution in [0.3, 0.4) is 0 Å². The minimum atomic E-state index is -0.213. The summed E-state index contributed by atoms with van der Waals surface area (Å²) in [6.07, 6.45) is 0. The molecule has 1 heterocycles. The van der Waals surface area contributed by atoms with Gasteiger partial charge in [0.15, 0.2) is 0 Å². The van der Waals surface area contributed by atoms with Crippen LogP contribution in [0.5, 0.6) is 5.75 Å². The molecule has 0 spiro atoms. The van der Waals surface area contributed by atoms with E-state index in [2.05, 4.69) is 26.2 Å². The molecule has 0 bridgehead atoms. The van der Waals surface area contributed by atoms with Gasteiger partial charge in [-0.05, 0) is 59.6 Å². The van der Waals surface area contributed by atoms with E-state index in [1.54, 1.807) is 23.5 Å². The van der Waals surface area contributed by atoms with E-state index in [0.29, 0.717) is 17.9 Å². The number of carbonyl (C=O) groups excluding carboxylic acids is 1. The van der Waals surface area contributed by atoms with Crippen LogP contribution in [0.15, 0.2) is 52.3 Å². The van der Waals surface area contributed by atoms with Gasteiger partial charge in [0.25, 0.3) is 5.91 Å². The first-order valence-electron chi connectivity index (χ1n) is 7.73. The Hall–Kier alpha value is -2.18. The zero-order valence-electron chi connectivity index (χ0n) is 13.9. The van der Waals surface area contributed by atoms with Crippen molar-refractivity contribution < 1.29 is 9.53 Å². The first kappa shape index (κ1) is 17.6. The molecule has 3 rings (SSSR count). The Balaban J connectivity index is 1.76. The second kappa shape index (κ2) is 7.80. The van der Waals surface area contributed by atoms with Crippen LogP contribution < -0.4 is 10.1 Å². The van der Waals surface area contributed by atoms with Crippen molar-refractivity contribution in [3.63, 3.8) is 0 Å². The number of aryl methyl sites for hydroxylation is 2. The minimum absolute atomic E-state index is 0.213. The molecular weight excluding hydrogens is 400 g/mol. The molecule has 0 aliphatic rings. The molecule has 1 N–H and O–H groups in total. The number of rotatable bonds is 5. The van der Waals surface area contributed by atoms with Gasteiger partial charge < -0.3 is 10.1 Å². The molecule has 6 heteroatoms. The van der Waals surface area contributed by atoms with E-state index in [-0.39, 0.29) is 5.91 Å². The second-order valence-corrected chi connectivity index (χ2v) is 7.50. The number of halogens is 1. The summed E-state index contributed by atoms with van der Waals surface area (Å²) >= 11 is 5.06. The summed E-state index contributed by atoms with van der Waals surface area (Å²) < 4.78 is 6.66. The fourth-order valence-electron chi connectivity index (χ4n) is 2.32.